The van der Waals surface area contributed by atoms with Crippen molar-refractivity contribution in [2.45, 2.75) is 26.8 Å². The van der Waals surface area contributed by atoms with Gasteiger partial charge in [-0.3, -0.25) is 9.59 Å². The topological polar surface area (TPSA) is 70.2 Å². The summed E-state index contributed by atoms with van der Waals surface area (Å²) >= 11 is 0. The van der Waals surface area contributed by atoms with Gasteiger partial charge in [0.2, 0.25) is 11.8 Å². The highest BCUT2D eigenvalue weighted by molar-refractivity contribution is 5.89. The predicted molar refractivity (Wildman–Crippen MR) is 96.9 cm³/mol. The van der Waals surface area contributed by atoms with E-state index in [0.717, 1.165) is 16.9 Å². The molecule has 0 aliphatic heterocycles. The maximum absolute atomic E-state index is 11.9. The van der Waals surface area contributed by atoms with Crippen molar-refractivity contribution >= 4 is 23.2 Å². The van der Waals surface area contributed by atoms with Gasteiger partial charge in [-0.15, -0.1) is 0 Å². The lowest BCUT2D eigenvalue weighted by atomic mass is 10.1. The van der Waals surface area contributed by atoms with Crippen molar-refractivity contribution in [1.29, 1.82) is 0 Å². The van der Waals surface area contributed by atoms with Crippen LogP contribution in [0.3, 0.4) is 0 Å². The van der Waals surface area contributed by atoms with Gasteiger partial charge in [0.15, 0.2) is 0 Å². The molecule has 0 saturated heterocycles. The summed E-state index contributed by atoms with van der Waals surface area (Å²) in [6.07, 6.45) is 0.385. The monoisotopic (exact) mass is 325 g/mol. The van der Waals surface area contributed by atoms with Crippen molar-refractivity contribution in [3.63, 3.8) is 0 Å². The number of aryl methyl sites for hydroxylation is 1. The molecule has 2 aromatic rings. The van der Waals surface area contributed by atoms with E-state index in [4.69, 9.17) is 0 Å². The molecule has 0 atom stereocenters. The van der Waals surface area contributed by atoms with Gasteiger partial charge in [-0.05, 0) is 30.7 Å². The van der Waals surface area contributed by atoms with Crippen molar-refractivity contribution in [2.24, 2.45) is 0 Å². The van der Waals surface area contributed by atoms with Crippen LogP contribution in [0.5, 0.6) is 0 Å². The minimum absolute atomic E-state index is 0.00101. The SMILES string of the molecule is CC(=O)Nc1cccc(NCCC(=O)NCc2ccc(C)cc2)c1. The van der Waals surface area contributed by atoms with Crippen LogP contribution in [0, 0.1) is 6.92 Å². The van der Waals surface area contributed by atoms with Gasteiger partial charge < -0.3 is 16.0 Å². The Labute approximate surface area is 142 Å². The lowest BCUT2D eigenvalue weighted by molar-refractivity contribution is -0.121. The zero-order valence-electron chi connectivity index (χ0n) is 14.1. The molecule has 2 rings (SSSR count). The molecule has 0 aromatic heterocycles. The standard InChI is InChI=1S/C19H23N3O2/c1-14-6-8-16(9-7-14)13-21-19(24)10-11-20-17-4-3-5-18(12-17)22-15(2)23/h3-9,12,20H,10-11,13H2,1-2H3,(H,21,24)(H,22,23). The van der Waals surface area contributed by atoms with Crippen molar-refractivity contribution in [1.82, 2.24) is 5.32 Å². The Morgan fingerprint density at radius 2 is 1.71 bits per heavy atom. The number of anilines is 2. The van der Waals surface area contributed by atoms with Crippen LogP contribution in [0.2, 0.25) is 0 Å². The molecule has 0 aliphatic carbocycles. The molecule has 0 spiro atoms. The van der Waals surface area contributed by atoms with Crippen molar-refractivity contribution in [3.8, 4) is 0 Å². The highest BCUT2D eigenvalue weighted by Crippen LogP contribution is 2.14. The normalized spacial score (nSPS) is 10.1. The van der Waals surface area contributed by atoms with Crippen LogP contribution in [0.1, 0.15) is 24.5 Å². The van der Waals surface area contributed by atoms with Gasteiger partial charge in [-0.2, -0.15) is 0 Å². The number of carbonyl (C=O) groups is 2. The van der Waals surface area contributed by atoms with Crippen LogP contribution in [0.25, 0.3) is 0 Å². The molecule has 24 heavy (non-hydrogen) atoms. The fraction of sp³-hybridized carbons (Fsp3) is 0.263. The van der Waals surface area contributed by atoms with Gasteiger partial charge in [0.05, 0.1) is 0 Å². The van der Waals surface area contributed by atoms with Gasteiger partial charge >= 0.3 is 0 Å². The molecular formula is C19H23N3O2. The van der Waals surface area contributed by atoms with E-state index in [1.165, 1.54) is 12.5 Å². The van der Waals surface area contributed by atoms with Gasteiger partial charge in [-0.25, -0.2) is 0 Å². The number of hydrogen-bond donors (Lipinski definition) is 3. The molecule has 126 valence electrons. The van der Waals surface area contributed by atoms with E-state index in [-0.39, 0.29) is 11.8 Å². The largest absolute Gasteiger partial charge is 0.384 e. The third-order valence-electron chi connectivity index (χ3n) is 3.47. The first-order chi connectivity index (χ1) is 11.5. The third-order valence-corrected chi connectivity index (χ3v) is 3.47. The molecular weight excluding hydrogens is 302 g/mol. The van der Waals surface area contributed by atoms with Crippen LogP contribution >= 0.6 is 0 Å². The summed E-state index contributed by atoms with van der Waals surface area (Å²) in [7, 11) is 0. The molecule has 2 aromatic carbocycles. The van der Waals surface area contributed by atoms with Gasteiger partial charge in [0, 0.05) is 37.8 Å². The summed E-state index contributed by atoms with van der Waals surface area (Å²) in [4.78, 5) is 22.9. The zero-order chi connectivity index (χ0) is 17.4. The van der Waals surface area contributed by atoms with Crippen molar-refractivity contribution in [2.75, 3.05) is 17.2 Å². The summed E-state index contributed by atoms with van der Waals surface area (Å²) in [6, 6.07) is 15.5. The van der Waals surface area contributed by atoms with Crippen LogP contribution in [0.15, 0.2) is 48.5 Å². The van der Waals surface area contributed by atoms with E-state index in [0.29, 0.717) is 19.5 Å². The second-order valence-corrected chi connectivity index (χ2v) is 5.70. The Kier molecular flexibility index (Phi) is 6.37. The Morgan fingerprint density at radius 1 is 1.00 bits per heavy atom. The summed E-state index contributed by atoms with van der Waals surface area (Å²) < 4.78 is 0. The molecule has 0 heterocycles. The van der Waals surface area contributed by atoms with E-state index in [1.54, 1.807) is 0 Å². The van der Waals surface area contributed by atoms with Gasteiger partial charge in [-0.1, -0.05) is 35.9 Å². The molecule has 0 radical (unpaired) electrons. The van der Waals surface area contributed by atoms with Crippen LogP contribution in [0.4, 0.5) is 11.4 Å². The number of amides is 2. The van der Waals surface area contributed by atoms with E-state index < -0.39 is 0 Å². The first-order valence-corrected chi connectivity index (χ1v) is 7.97. The van der Waals surface area contributed by atoms with Crippen molar-refractivity contribution in [3.05, 3.63) is 59.7 Å². The number of rotatable bonds is 7. The van der Waals surface area contributed by atoms with E-state index in [1.807, 2.05) is 55.5 Å². The first kappa shape index (κ1) is 17.5. The fourth-order valence-electron chi connectivity index (χ4n) is 2.23. The highest BCUT2D eigenvalue weighted by atomic mass is 16.2. The minimum atomic E-state index is -0.109. The average molecular weight is 325 g/mol. The first-order valence-electron chi connectivity index (χ1n) is 7.97. The zero-order valence-corrected chi connectivity index (χ0v) is 14.1. The summed E-state index contributed by atoms with van der Waals surface area (Å²) in [6.45, 7) is 4.58. The summed E-state index contributed by atoms with van der Waals surface area (Å²) in [5, 5.41) is 8.82. The fourth-order valence-corrected chi connectivity index (χ4v) is 2.23. The number of hydrogen-bond acceptors (Lipinski definition) is 3. The second-order valence-electron chi connectivity index (χ2n) is 5.70. The smallest absolute Gasteiger partial charge is 0.222 e. The maximum atomic E-state index is 11.9. The molecule has 5 heteroatoms. The number of benzene rings is 2. The Hall–Kier alpha value is -2.82. The van der Waals surface area contributed by atoms with Crippen LogP contribution in [-0.4, -0.2) is 18.4 Å². The molecule has 0 bridgehead atoms. The average Bonchev–Trinajstić information content (AvgIpc) is 2.54. The van der Waals surface area contributed by atoms with Crippen LogP contribution in [-0.2, 0) is 16.1 Å². The quantitative estimate of drug-likeness (QED) is 0.733. The molecule has 0 aliphatic rings. The minimum Gasteiger partial charge on any atom is -0.384 e. The number of nitrogens with one attached hydrogen (secondary N) is 3. The van der Waals surface area contributed by atoms with Crippen LogP contribution < -0.4 is 16.0 Å². The molecule has 0 unspecified atom stereocenters. The molecule has 2 amide bonds. The third kappa shape index (κ3) is 6.12. The Balaban J connectivity index is 1.72. The summed E-state index contributed by atoms with van der Waals surface area (Å²) in [5.41, 5.74) is 3.89. The summed E-state index contributed by atoms with van der Waals surface area (Å²) in [5.74, 6) is -0.108. The van der Waals surface area contributed by atoms with Gasteiger partial charge in [0.25, 0.3) is 0 Å². The molecule has 3 N–H and O–H groups in total. The lowest BCUT2D eigenvalue weighted by Crippen LogP contribution is -2.24. The van der Waals surface area contributed by atoms with E-state index in [9.17, 15) is 9.59 Å². The predicted octanol–water partition coefficient (Wildman–Crippen LogP) is 3.07. The Morgan fingerprint density at radius 3 is 2.42 bits per heavy atom. The second kappa shape index (κ2) is 8.72. The number of carbonyl (C=O) groups excluding carboxylic acids is 2. The van der Waals surface area contributed by atoms with E-state index >= 15 is 0 Å². The lowest BCUT2D eigenvalue weighted by Gasteiger charge is -2.09. The maximum Gasteiger partial charge on any atom is 0.222 e. The van der Waals surface area contributed by atoms with E-state index in [2.05, 4.69) is 16.0 Å². The highest BCUT2D eigenvalue weighted by Gasteiger charge is 2.02. The van der Waals surface area contributed by atoms with Gasteiger partial charge in [0.1, 0.15) is 0 Å². The molecule has 0 fully saturated rings. The Bertz CT molecular complexity index is 696. The molecule has 5 nitrogen and oxygen atoms in total. The molecule has 0 saturated carbocycles. The van der Waals surface area contributed by atoms with Crippen molar-refractivity contribution < 1.29 is 9.59 Å².